The van der Waals surface area contributed by atoms with E-state index in [1.54, 1.807) is 11.8 Å². The Kier molecular flexibility index (Phi) is 4.62. The monoisotopic (exact) mass is 365 g/mol. The number of benzene rings is 1. The van der Waals surface area contributed by atoms with E-state index in [0.29, 0.717) is 5.69 Å². The van der Waals surface area contributed by atoms with Crippen molar-refractivity contribution >= 4 is 34.2 Å². The first-order valence-electron chi connectivity index (χ1n) is 8.43. The quantitative estimate of drug-likeness (QED) is 0.549. The second-order valence-electron chi connectivity index (χ2n) is 6.06. The third-order valence-electron chi connectivity index (χ3n) is 4.34. The number of carbonyl (C=O) groups is 1. The molecule has 0 spiro atoms. The molecular formula is C19H19N5OS. The highest BCUT2D eigenvalue weighted by molar-refractivity contribution is 7.98. The maximum Gasteiger partial charge on any atom is 0.268 e. The maximum absolute atomic E-state index is 12.8. The van der Waals surface area contributed by atoms with Crippen LogP contribution in [0.4, 0.5) is 0 Å². The van der Waals surface area contributed by atoms with Gasteiger partial charge in [0.05, 0.1) is 6.04 Å². The number of carbonyl (C=O) groups excluding carboxylic acids is 1. The number of rotatable bonds is 6. The van der Waals surface area contributed by atoms with E-state index < -0.39 is 0 Å². The summed E-state index contributed by atoms with van der Waals surface area (Å²) >= 11 is 1.74. The fraction of sp³-hybridized carbons (Fsp3) is 0.211. The molecule has 2 N–H and O–H groups in total. The number of pyridine rings is 1. The van der Waals surface area contributed by atoms with E-state index >= 15 is 0 Å². The van der Waals surface area contributed by atoms with Gasteiger partial charge in [-0.2, -0.15) is 11.8 Å². The van der Waals surface area contributed by atoms with Crippen LogP contribution in [0.3, 0.4) is 0 Å². The predicted molar refractivity (Wildman–Crippen MR) is 104 cm³/mol. The Morgan fingerprint density at radius 2 is 2.08 bits per heavy atom. The van der Waals surface area contributed by atoms with Crippen LogP contribution in [0.1, 0.15) is 28.8 Å². The lowest BCUT2D eigenvalue weighted by molar-refractivity contribution is 0.0929. The van der Waals surface area contributed by atoms with Crippen LogP contribution in [0.25, 0.3) is 16.6 Å². The van der Waals surface area contributed by atoms with Gasteiger partial charge in [-0.1, -0.05) is 24.3 Å². The van der Waals surface area contributed by atoms with E-state index in [-0.39, 0.29) is 11.9 Å². The van der Waals surface area contributed by atoms with Crippen molar-refractivity contribution in [3.05, 3.63) is 66.2 Å². The minimum atomic E-state index is -0.209. The number of aromatic nitrogens is 4. The van der Waals surface area contributed by atoms with Gasteiger partial charge in [-0.25, -0.2) is 0 Å². The molecule has 6 nitrogen and oxygen atoms in total. The van der Waals surface area contributed by atoms with Crippen LogP contribution in [-0.2, 0) is 0 Å². The number of para-hydroxylation sites is 1. The number of aromatic amines is 1. The average molecular weight is 365 g/mol. The Labute approximate surface area is 155 Å². The summed E-state index contributed by atoms with van der Waals surface area (Å²) in [7, 11) is 0. The largest absolute Gasteiger partial charge is 0.351 e. The molecule has 3 aromatic heterocycles. The summed E-state index contributed by atoms with van der Waals surface area (Å²) in [5, 5.41) is 12.7. The molecule has 0 bridgehead atoms. The summed E-state index contributed by atoms with van der Waals surface area (Å²) in [4.78, 5) is 16.0. The fourth-order valence-corrected chi connectivity index (χ4v) is 3.50. The number of fused-ring (bicyclic) bond motifs is 2. The normalized spacial score (nSPS) is 12.5. The summed E-state index contributed by atoms with van der Waals surface area (Å²) in [5.41, 5.74) is 2.27. The van der Waals surface area contributed by atoms with Crippen LogP contribution in [0.2, 0.25) is 0 Å². The van der Waals surface area contributed by atoms with E-state index in [4.69, 9.17) is 0 Å². The van der Waals surface area contributed by atoms with E-state index in [1.165, 1.54) is 0 Å². The van der Waals surface area contributed by atoms with Gasteiger partial charge in [0.15, 0.2) is 11.5 Å². The van der Waals surface area contributed by atoms with Crippen LogP contribution in [-0.4, -0.2) is 37.5 Å². The summed E-state index contributed by atoms with van der Waals surface area (Å²) in [6.07, 6.45) is 4.76. The second kappa shape index (κ2) is 7.21. The van der Waals surface area contributed by atoms with E-state index in [0.717, 1.165) is 34.5 Å². The molecule has 0 saturated heterocycles. The zero-order chi connectivity index (χ0) is 17.9. The summed E-state index contributed by atoms with van der Waals surface area (Å²) in [5.74, 6) is 1.53. The van der Waals surface area contributed by atoms with Gasteiger partial charge in [-0.05, 0) is 42.7 Å². The van der Waals surface area contributed by atoms with Crippen LogP contribution in [0.5, 0.6) is 0 Å². The number of nitrogens with zero attached hydrogens (tertiary/aromatic N) is 3. The molecule has 0 fully saturated rings. The summed E-state index contributed by atoms with van der Waals surface area (Å²) < 4.78 is 1.93. The molecular weight excluding hydrogens is 346 g/mol. The molecule has 26 heavy (non-hydrogen) atoms. The van der Waals surface area contributed by atoms with Crippen molar-refractivity contribution < 1.29 is 4.79 Å². The molecule has 0 radical (unpaired) electrons. The Morgan fingerprint density at radius 3 is 2.92 bits per heavy atom. The predicted octanol–water partition coefficient (Wildman–Crippen LogP) is 3.43. The van der Waals surface area contributed by atoms with E-state index in [1.807, 2.05) is 59.1 Å². The Hall–Kier alpha value is -2.80. The van der Waals surface area contributed by atoms with Crippen molar-refractivity contribution in [1.82, 2.24) is 24.9 Å². The van der Waals surface area contributed by atoms with Gasteiger partial charge >= 0.3 is 0 Å². The molecule has 1 atom stereocenters. The first kappa shape index (κ1) is 16.7. The third-order valence-corrected chi connectivity index (χ3v) is 4.99. The molecule has 0 aliphatic carbocycles. The number of hydrogen-bond acceptors (Lipinski definition) is 4. The lowest BCUT2D eigenvalue weighted by atomic mass is 10.2. The van der Waals surface area contributed by atoms with Crippen LogP contribution >= 0.6 is 11.8 Å². The molecule has 0 aliphatic rings. The highest BCUT2D eigenvalue weighted by atomic mass is 32.2. The lowest BCUT2D eigenvalue weighted by Gasteiger charge is -2.16. The van der Waals surface area contributed by atoms with Crippen molar-refractivity contribution in [2.24, 2.45) is 0 Å². The van der Waals surface area contributed by atoms with Gasteiger partial charge in [-0.15, -0.1) is 10.2 Å². The van der Waals surface area contributed by atoms with Gasteiger partial charge in [0.25, 0.3) is 5.91 Å². The third kappa shape index (κ3) is 3.17. The van der Waals surface area contributed by atoms with Crippen molar-refractivity contribution in [2.45, 2.75) is 12.5 Å². The van der Waals surface area contributed by atoms with Gasteiger partial charge < -0.3 is 10.3 Å². The zero-order valence-corrected chi connectivity index (χ0v) is 15.2. The zero-order valence-electron chi connectivity index (χ0n) is 14.3. The molecule has 4 rings (SSSR count). The topological polar surface area (TPSA) is 75.1 Å². The number of hydrogen-bond donors (Lipinski definition) is 2. The van der Waals surface area contributed by atoms with Gasteiger partial charge in [0, 0.05) is 17.1 Å². The molecule has 4 aromatic rings. The van der Waals surface area contributed by atoms with Crippen LogP contribution < -0.4 is 5.32 Å². The highest BCUT2D eigenvalue weighted by Gasteiger charge is 2.21. The average Bonchev–Trinajstić information content (AvgIpc) is 3.29. The van der Waals surface area contributed by atoms with Gasteiger partial charge in [0.1, 0.15) is 5.69 Å². The summed E-state index contributed by atoms with van der Waals surface area (Å²) in [6, 6.07) is 15.3. The number of nitrogens with one attached hydrogen (secondary N) is 2. The first-order chi connectivity index (χ1) is 12.8. The minimum absolute atomic E-state index is 0.139. The van der Waals surface area contributed by atoms with Gasteiger partial charge in [-0.3, -0.25) is 9.20 Å². The Morgan fingerprint density at radius 1 is 1.23 bits per heavy atom. The molecule has 7 heteroatoms. The molecule has 1 aromatic carbocycles. The smallest absolute Gasteiger partial charge is 0.268 e. The first-order valence-corrected chi connectivity index (χ1v) is 9.83. The maximum atomic E-state index is 12.8. The Balaban J connectivity index is 1.63. The van der Waals surface area contributed by atoms with Crippen molar-refractivity contribution in [2.75, 3.05) is 12.0 Å². The standard InChI is InChI=1S/C19H19N5OS/c1-26-11-9-15(18-23-22-17-8-4-5-10-24(17)18)21-19(25)16-12-13-6-2-3-7-14(13)20-16/h2-8,10,12,15,20H,9,11H2,1H3,(H,21,25). The molecule has 0 saturated carbocycles. The van der Waals surface area contributed by atoms with Crippen molar-refractivity contribution in [1.29, 1.82) is 0 Å². The van der Waals surface area contributed by atoms with Crippen molar-refractivity contribution in [3.8, 4) is 0 Å². The number of H-pyrrole nitrogens is 1. The minimum Gasteiger partial charge on any atom is -0.351 e. The number of thioether (sulfide) groups is 1. The van der Waals surface area contributed by atoms with Crippen molar-refractivity contribution in [3.63, 3.8) is 0 Å². The molecule has 3 heterocycles. The molecule has 132 valence electrons. The van der Waals surface area contributed by atoms with E-state index in [2.05, 4.69) is 26.8 Å². The second-order valence-corrected chi connectivity index (χ2v) is 7.05. The SMILES string of the molecule is CSCCC(NC(=O)c1cc2ccccc2[nH]1)c1nnc2ccccn12. The molecule has 1 amide bonds. The lowest BCUT2D eigenvalue weighted by Crippen LogP contribution is -2.30. The Bertz CT molecular complexity index is 1020. The number of amides is 1. The summed E-state index contributed by atoms with van der Waals surface area (Å²) in [6.45, 7) is 0. The fourth-order valence-electron chi connectivity index (χ4n) is 3.03. The molecule has 1 unspecified atom stereocenters. The van der Waals surface area contributed by atoms with Crippen LogP contribution in [0, 0.1) is 0 Å². The molecule has 0 aliphatic heterocycles. The van der Waals surface area contributed by atoms with E-state index in [9.17, 15) is 4.79 Å². The highest BCUT2D eigenvalue weighted by Crippen LogP contribution is 2.20. The van der Waals surface area contributed by atoms with Crippen LogP contribution in [0.15, 0.2) is 54.7 Å². The van der Waals surface area contributed by atoms with Gasteiger partial charge in [0.2, 0.25) is 0 Å².